The molecule has 0 amide bonds. The second-order valence-corrected chi connectivity index (χ2v) is 6.29. The molecule has 0 saturated heterocycles. The van der Waals surface area contributed by atoms with E-state index in [1.54, 1.807) is 36.1 Å². The van der Waals surface area contributed by atoms with E-state index in [0.29, 0.717) is 16.6 Å². The predicted molar refractivity (Wildman–Crippen MR) is 98.9 cm³/mol. The van der Waals surface area contributed by atoms with Crippen LogP contribution in [-0.4, -0.2) is 42.1 Å². The minimum Gasteiger partial charge on any atom is -0.461 e. The lowest BCUT2D eigenvalue weighted by Crippen LogP contribution is -2.07. The lowest BCUT2D eigenvalue weighted by atomic mass is 10.2. The summed E-state index contributed by atoms with van der Waals surface area (Å²) >= 11 is 0. The molecular weight excluding hydrogens is 401 g/mol. The molecule has 4 aromatic rings. The van der Waals surface area contributed by atoms with Crippen LogP contribution in [0.5, 0.6) is 0 Å². The fourth-order valence-corrected chi connectivity index (χ4v) is 2.87. The molecule has 0 spiro atoms. The van der Waals surface area contributed by atoms with E-state index in [9.17, 15) is 18.0 Å². The number of hydrogen-bond acceptors (Lipinski definition) is 6. The summed E-state index contributed by atoms with van der Waals surface area (Å²) in [5, 5.41) is 9.30. The van der Waals surface area contributed by atoms with Gasteiger partial charge in [0.25, 0.3) is 0 Å². The molecule has 0 aromatic carbocycles. The van der Waals surface area contributed by atoms with Crippen molar-refractivity contribution >= 4 is 16.9 Å². The average Bonchev–Trinajstić information content (AvgIpc) is 3.34. The zero-order chi connectivity index (χ0) is 21.3. The number of esters is 1. The number of pyridine rings is 2. The molecule has 30 heavy (non-hydrogen) atoms. The van der Waals surface area contributed by atoms with Gasteiger partial charge in [-0.3, -0.25) is 4.68 Å². The quantitative estimate of drug-likeness (QED) is 0.464. The molecule has 0 radical (unpaired) electrons. The van der Waals surface area contributed by atoms with Crippen LogP contribution in [0.15, 0.2) is 49.1 Å². The number of carbonyl (C=O) groups excluding carboxylic acids is 1. The largest absolute Gasteiger partial charge is 0.461 e. The van der Waals surface area contributed by atoms with Crippen molar-refractivity contribution in [1.82, 2.24) is 29.5 Å². The summed E-state index contributed by atoms with van der Waals surface area (Å²) in [6.07, 6.45) is 1.07. The fraction of sp³-hybridized carbons (Fsp3) is 0.211. The molecule has 0 N–H and O–H groups in total. The van der Waals surface area contributed by atoms with Gasteiger partial charge in [0, 0.05) is 24.8 Å². The maximum Gasteiger partial charge on any atom is 0.417 e. The van der Waals surface area contributed by atoms with Crippen molar-refractivity contribution in [3.63, 3.8) is 0 Å². The number of nitrogens with zero attached hydrogens (tertiary/aromatic N) is 6. The monoisotopic (exact) mass is 416 g/mol. The van der Waals surface area contributed by atoms with Crippen molar-refractivity contribution in [2.45, 2.75) is 19.6 Å². The highest BCUT2D eigenvalue weighted by Crippen LogP contribution is 2.28. The normalized spacial score (nSPS) is 11.7. The van der Waals surface area contributed by atoms with Crippen LogP contribution in [0.1, 0.15) is 28.7 Å². The Morgan fingerprint density at radius 3 is 2.67 bits per heavy atom. The molecule has 4 aromatic heterocycles. The van der Waals surface area contributed by atoms with Crippen molar-refractivity contribution < 1.29 is 22.7 Å². The van der Waals surface area contributed by atoms with Gasteiger partial charge in [0.2, 0.25) is 0 Å². The first kappa shape index (κ1) is 19.6. The number of rotatable bonds is 5. The van der Waals surface area contributed by atoms with Crippen LogP contribution in [0.2, 0.25) is 0 Å². The van der Waals surface area contributed by atoms with Crippen LogP contribution in [-0.2, 0) is 17.5 Å². The van der Waals surface area contributed by atoms with Crippen LogP contribution in [0.3, 0.4) is 0 Å². The molecule has 0 atom stereocenters. The second kappa shape index (κ2) is 7.58. The van der Waals surface area contributed by atoms with Crippen LogP contribution in [0.4, 0.5) is 13.2 Å². The van der Waals surface area contributed by atoms with Gasteiger partial charge in [0.1, 0.15) is 0 Å². The van der Waals surface area contributed by atoms with Gasteiger partial charge >= 0.3 is 12.1 Å². The number of fused-ring (bicyclic) bond motifs is 1. The van der Waals surface area contributed by atoms with Crippen molar-refractivity contribution in [2.75, 3.05) is 6.61 Å². The zero-order valence-electron chi connectivity index (χ0n) is 15.7. The average molecular weight is 416 g/mol. The smallest absolute Gasteiger partial charge is 0.417 e. The molecule has 11 heteroatoms. The molecule has 0 unspecified atom stereocenters. The van der Waals surface area contributed by atoms with Crippen LogP contribution >= 0.6 is 0 Å². The lowest BCUT2D eigenvalue weighted by Gasteiger charge is -2.06. The maximum absolute atomic E-state index is 12.7. The molecule has 0 aliphatic carbocycles. The highest BCUT2D eigenvalue weighted by atomic mass is 19.4. The lowest BCUT2D eigenvalue weighted by molar-refractivity contribution is -0.137. The van der Waals surface area contributed by atoms with Crippen molar-refractivity contribution in [2.24, 2.45) is 0 Å². The topological polar surface area (TPSA) is 87.7 Å². The Kier molecular flexibility index (Phi) is 4.94. The predicted octanol–water partition coefficient (Wildman–Crippen LogP) is 3.26. The van der Waals surface area contributed by atoms with Gasteiger partial charge in [-0.25, -0.2) is 19.4 Å². The van der Waals surface area contributed by atoms with E-state index in [1.807, 2.05) is 0 Å². The Labute approximate surface area is 167 Å². The molecule has 154 valence electrons. The number of aromatic nitrogens is 6. The van der Waals surface area contributed by atoms with E-state index in [2.05, 4.69) is 20.2 Å². The molecule has 0 saturated carbocycles. The van der Waals surface area contributed by atoms with E-state index in [4.69, 9.17) is 4.74 Å². The summed E-state index contributed by atoms with van der Waals surface area (Å²) in [4.78, 5) is 20.0. The summed E-state index contributed by atoms with van der Waals surface area (Å²) in [6, 6.07) is 5.59. The van der Waals surface area contributed by atoms with Crippen LogP contribution in [0, 0.1) is 0 Å². The Morgan fingerprint density at radius 2 is 1.97 bits per heavy atom. The Hall–Kier alpha value is -3.76. The number of halogens is 3. The first-order chi connectivity index (χ1) is 14.3. The highest BCUT2D eigenvalue weighted by molar-refractivity contribution is 6.01. The number of ether oxygens (including phenoxy) is 1. The molecule has 4 rings (SSSR count). The summed E-state index contributed by atoms with van der Waals surface area (Å²) in [5.41, 5.74) is 0.542. The molecule has 0 aliphatic rings. The van der Waals surface area contributed by atoms with E-state index in [0.717, 1.165) is 12.3 Å². The molecule has 0 aliphatic heterocycles. The maximum atomic E-state index is 12.7. The van der Waals surface area contributed by atoms with Gasteiger partial charge in [-0.1, -0.05) is 0 Å². The Bertz CT molecular complexity index is 1200. The van der Waals surface area contributed by atoms with E-state index < -0.39 is 17.7 Å². The third-order valence-electron chi connectivity index (χ3n) is 4.23. The molecular formula is C19H15F3N6O2. The fourth-order valence-electron chi connectivity index (χ4n) is 2.87. The van der Waals surface area contributed by atoms with Crippen LogP contribution < -0.4 is 0 Å². The first-order valence-corrected chi connectivity index (χ1v) is 8.92. The minimum absolute atomic E-state index is 0.181. The second-order valence-electron chi connectivity index (χ2n) is 6.29. The molecule has 8 nitrogen and oxygen atoms in total. The number of hydrogen-bond donors (Lipinski definition) is 0. The highest BCUT2D eigenvalue weighted by Gasteiger charge is 2.30. The third kappa shape index (κ3) is 3.86. The molecule has 4 heterocycles. The Morgan fingerprint density at radius 1 is 1.13 bits per heavy atom. The van der Waals surface area contributed by atoms with E-state index in [1.165, 1.54) is 16.9 Å². The van der Waals surface area contributed by atoms with Gasteiger partial charge in [-0.2, -0.15) is 23.4 Å². The Balaban J connectivity index is 1.56. The van der Waals surface area contributed by atoms with Crippen LogP contribution in [0.25, 0.3) is 16.7 Å². The molecule has 0 fully saturated rings. The van der Waals surface area contributed by atoms with Crippen molar-refractivity contribution in [1.29, 1.82) is 0 Å². The van der Waals surface area contributed by atoms with Gasteiger partial charge < -0.3 is 4.74 Å². The summed E-state index contributed by atoms with van der Waals surface area (Å²) in [5.74, 6) is -0.269. The first-order valence-electron chi connectivity index (χ1n) is 8.92. The van der Waals surface area contributed by atoms with Crippen molar-refractivity contribution in [3.05, 3.63) is 66.0 Å². The van der Waals surface area contributed by atoms with Crippen molar-refractivity contribution in [3.8, 4) is 5.82 Å². The van der Waals surface area contributed by atoms with Gasteiger partial charge in [0.15, 0.2) is 11.5 Å². The van der Waals surface area contributed by atoms with Gasteiger partial charge in [-0.15, -0.1) is 0 Å². The number of carbonyl (C=O) groups is 1. The summed E-state index contributed by atoms with van der Waals surface area (Å²) < 4.78 is 46.0. The van der Waals surface area contributed by atoms with E-state index in [-0.39, 0.29) is 24.7 Å². The standard InChI is InChI=1S/C19H15F3N6O2/c1-2-30-18(29)17-14-11-27(26-15(14)5-7-23-17)10-13-6-8-28(25-13)16-4-3-12(9-24-16)19(20,21)22/h3-9,11H,2,10H2,1H3. The summed E-state index contributed by atoms with van der Waals surface area (Å²) in [6.45, 7) is 2.23. The van der Waals surface area contributed by atoms with Gasteiger partial charge in [0.05, 0.1) is 35.3 Å². The number of alkyl halides is 3. The zero-order valence-corrected chi connectivity index (χ0v) is 15.7. The summed E-state index contributed by atoms with van der Waals surface area (Å²) in [7, 11) is 0. The molecule has 0 bridgehead atoms. The minimum atomic E-state index is -4.44. The third-order valence-corrected chi connectivity index (χ3v) is 4.23. The van der Waals surface area contributed by atoms with Gasteiger partial charge in [-0.05, 0) is 31.2 Å². The van der Waals surface area contributed by atoms with E-state index >= 15 is 0 Å². The SMILES string of the molecule is CCOC(=O)c1nccc2nn(Cc3ccn(-c4ccc(C(F)(F)F)cn4)n3)cc12.